The van der Waals surface area contributed by atoms with E-state index in [2.05, 4.69) is 4.99 Å². The molecule has 0 unspecified atom stereocenters. The number of hydrogen-bond donors (Lipinski definition) is 0. The number of ether oxygens (including phenoxy) is 2. The van der Waals surface area contributed by atoms with E-state index in [4.69, 9.17) is 32.7 Å². The maximum atomic E-state index is 12.4. The number of benzene rings is 1. The minimum absolute atomic E-state index is 0.218. The van der Waals surface area contributed by atoms with Gasteiger partial charge >= 0.3 is 0 Å². The normalized spacial score (nSPS) is 11.9. The highest BCUT2D eigenvalue weighted by Crippen LogP contribution is 2.25. The molecular formula is C16H18Cl2N2O3S. The number of aryl methyl sites for hydroxylation is 1. The summed E-state index contributed by atoms with van der Waals surface area (Å²) >= 11 is 13.5. The summed E-state index contributed by atoms with van der Waals surface area (Å²) < 4.78 is 12.3. The second-order valence-electron chi connectivity index (χ2n) is 4.94. The van der Waals surface area contributed by atoms with E-state index in [1.165, 1.54) is 11.3 Å². The van der Waals surface area contributed by atoms with Crippen LogP contribution in [0.1, 0.15) is 15.2 Å². The minimum Gasteiger partial charge on any atom is -0.382 e. The van der Waals surface area contributed by atoms with E-state index in [1.807, 2.05) is 17.7 Å². The van der Waals surface area contributed by atoms with Crippen molar-refractivity contribution in [3.05, 3.63) is 49.7 Å². The van der Waals surface area contributed by atoms with Crippen molar-refractivity contribution in [1.82, 2.24) is 4.57 Å². The maximum Gasteiger partial charge on any atom is 0.281 e. The van der Waals surface area contributed by atoms with Crippen LogP contribution in [0.5, 0.6) is 0 Å². The van der Waals surface area contributed by atoms with Gasteiger partial charge in [0.15, 0.2) is 4.80 Å². The fourth-order valence-electron chi connectivity index (χ4n) is 1.97. The third kappa shape index (κ3) is 5.16. The van der Waals surface area contributed by atoms with Crippen molar-refractivity contribution in [2.45, 2.75) is 13.5 Å². The molecule has 0 bridgehead atoms. The number of thiazole rings is 1. The van der Waals surface area contributed by atoms with Crippen LogP contribution in [0.2, 0.25) is 10.0 Å². The van der Waals surface area contributed by atoms with E-state index in [1.54, 1.807) is 25.3 Å². The molecule has 1 heterocycles. The van der Waals surface area contributed by atoms with Gasteiger partial charge in [-0.05, 0) is 19.1 Å². The number of amides is 1. The standard InChI is InChI=1S/C16H18Cl2N2O3S/c1-11-10-20(6-7-23-9-8-22-2)16(24-11)19-15(21)12-4-3-5-13(17)14(12)18/h3-5,10H,6-9H2,1-2H3. The lowest BCUT2D eigenvalue weighted by molar-refractivity contribution is 0.0663. The summed E-state index contributed by atoms with van der Waals surface area (Å²) in [6.45, 7) is 4.16. The number of hydrogen-bond acceptors (Lipinski definition) is 4. The summed E-state index contributed by atoms with van der Waals surface area (Å²) in [4.78, 5) is 18.2. The highest BCUT2D eigenvalue weighted by Gasteiger charge is 2.12. The molecular weight excluding hydrogens is 371 g/mol. The van der Waals surface area contributed by atoms with Crippen LogP contribution in [0, 0.1) is 6.92 Å². The number of rotatable bonds is 7. The Kier molecular flexibility index (Phi) is 7.45. The number of methoxy groups -OCH3 is 1. The molecule has 2 aromatic rings. The minimum atomic E-state index is -0.418. The van der Waals surface area contributed by atoms with E-state index in [0.29, 0.717) is 36.2 Å². The highest BCUT2D eigenvalue weighted by molar-refractivity contribution is 7.09. The van der Waals surface area contributed by atoms with E-state index in [9.17, 15) is 4.79 Å². The maximum absolute atomic E-state index is 12.4. The molecule has 24 heavy (non-hydrogen) atoms. The molecule has 0 aliphatic carbocycles. The molecule has 0 radical (unpaired) electrons. The molecule has 0 saturated carbocycles. The Bertz CT molecular complexity index is 771. The Morgan fingerprint density at radius 3 is 2.83 bits per heavy atom. The molecule has 0 atom stereocenters. The topological polar surface area (TPSA) is 52.8 Å². The van der Waals surface area contributed by atoms with E-state index >= 15 is 0 Å². The fraction of sp³-hybridized carbons (Fsp3) is 0.375. The zero-order valence-electron chi connectivity index (χ0n) is 13.4. The van der Waals surface area contributed by atoms with E-state index < -0.39 is 5.91 Å². The highest BCUT2D eigenvalue weighted by atomic mass is 35.5. The van der Waals surface area contributed by atoms with Crippen molar-refractivity contribution in [3.63, 3.8) is 0 Å². The summed E-state index contributed by atoms with van der Waals surface area (Å²) in [6, 6.07) is 4.92. The molecule has 0 spiro atoms. The van der Waals surface area contributed by atoms with Crippen LogP contribution in [-0.4, -0.2) is 37.4 Å². The lowest BCUT2D eigenvalue weighted by Crippen LogP contribution is -2.19. The lowest BCUT2D eigenvalue weighted by atomic mass is 10.2. The molecule has 1 aromatic carbocycles. The van der Waals surface area contributed by atoms with Gasteiger partial charge in [0.25, 0.3) is 5.91 Å². The summed E-state index contributed by atoms with van der Waals surface area (Å²) in [6.07, 6.45) is 1.94. The van der Waals surface area contributed by atoms with Crippen molar-refractivity contribution in [2.75, 3.05) is 26.9 Å². The SMILES string of the molecule is COCCOCCn1cc(C)sc1=NC(=O)c1cccc(Cl)c1Cl. The summed E-state index contributed by atoms with van der Waals surface area (Å²) in [5.41, 5.74) is 0.290. The number of nitrogens with zero attached hydrogens (tertiary/aromatic N) is 2. The largest absolute Gasteiger partial charge is 0.382 e. The van der Waals surface area contributed by atoms with Crippen molar-refractivity contribution in [2.24, 2.45) is 4.99 Å². The van der Waals surface area contributed by atoms with Gasteiger partial charge in [-0.25, -0.2) is 0 Å². The zero-order valence-corrected chi connectivity index (χ0v) is 15.7. The average molecular weight is 389 g/mol. The Morgan fingerprint density at radius 1 is 1.29 bits per heavy atom. The smallest absolute Gasteiger partial charge is 0.281 e. The Labute approximate surface area is 154 Å². The van der Waals surface area contributed by atoms with Gasteiger partial charge in [-0.15, -0.1) is 11.3 Å². The van der Waals surface area contributed by atoms with Crippen LogP contribution in [0.25, 0.3) is 0 Å². The first-order valence-corrected chi connectivity index (χ1v) is 8.86. The molecule has 2 rings (SSSR count). The van der Waals surface area contributed by atoms with Crippen molar-refractivity contribution < 1.29 is 14.3 Å². The van der Waals surface area contributed by atoms with Crippen LogP contribution in [0.15, 0.2) is 29.4 Å². The van der Waals surface area contributed by atoms with Gasteiger partial charge in [0.05, 0.1) is 35.4 Å². The number of aromatic nitrogens is 1. The molecule has 0 saturated heterocycles. The lowest BCUT2D eigenvalue weighted by Gasteiger charge is -2.05. The van der Waals surface area contributed by atoms with Crippen LogP contribution < -0.4 is 4.80 Å². The van der Waals surface area contributed by atoms with Crippen LogP contribution in [0.3, 0.4) is 0 Å². The average Bonchev–Trinajstić information content (AvgIpc) is 2.89. The van der Waals surface area contributed by atoms with Crippen LogP contribution >= 0.6 is 34.5 Å². The molecule has 130 valence electrons. The third-order valence-corrected chi connectivity index (χ3v) is 4.88. The number of carbonyl (C=O) groups is 1. The van der Waals surface area contributed by atoms with Gasteiger partial charge in [0.2, 0.25) is 0 Å². The summed E-state index contributed by atoms with van der Waals surface area (Å²) in [5.74, 6) is -0.418. The van der Waals surface area contributed by atoms with Gasteiger partial charge in [0.1, 0.15) is 0 Å². The van der Waals surface area contributed by atoms with Gasteiger partial charge in [-0.3, -0.25) is 4.79 Å². The monoisotopic (exact) mass is 388 g/mol. The molecule has 5 nitrogen and oxygen atoms in total. The Balaban J connectivity index is 2.17. The van der Waals surface area contributed by atoms with Crippen molar-refractivity contribution >= 4 is 40.4 Å². The quantitative estimate of drug-likeness (QED) is 0.681. The second kappa shape index (κ2) is 9.34. The molecule has 8 heteroatoms. The molecule has 0 aliphatic heterocycles. The molecule has 1 amide bonds. The molecule has 0 fully saturated rings. The van der Waals surface area contributed by atoms with Crippen LogP contribution in [-0.2, 0) is 16.0 Å². The molecule has 0 N–H and O–H groups in total. The number of carbonyl (C=O) groups excluding carboxylic acids is 1. The Morgan fingerprint density at radius 2 is 2.08 bits per heavy atom. The van der Waals surface area contributed by atoms with E-state index in [-0.39, 0.29) is 10.6 Å². The van der Waals surface area contributed by atoms with Gasteiger partial charge in [-0.2, -0.15) is 4.99 Å². The van der Waals surface area contributed by atoms with Gasteiger partial charge in [0, 0.05) is 24.7 Å². The van der Waals surface area contributed by atoms with Crippen molar-refractivity contribution in [1.29, 1.82) is 0 Å². The summed E-state index contributed by atoms with van der Waals surface area (Å²) in [7, 11) is 1.63. The first-order chi connectivity index (χ1) is 11.5. The van der Waals surface area contributed by atoms with E-state index in [0.717, 1.165) is 4.88 Å². The van der Waals surface area contributed by atoms with Gasteiger partial charge < -0.3 is 14.0 Å². The molecule has 0 aliphatic rings. The third-order valence-electron chi connectivity index (χ3n) is 3.12. The van der Waals surface area contributed by atoms with Crippen LogP contribution in [0.4, 0.5) is 0 Å². The summed E-state index contributed by atoms with van der Waals surface area (Å²) in [5, 5.41) is 0.551. The fourth-order valence-corrected chi connectivity index (χ4v) is 3.21. The van der Waals surface area contributed by atoms with Gasteiger partial charge in [-0.1, -0.05) is 29.3 Å². The first-order valence-electron chi connectivity index (χ1n) is 7.29. The second-order valence-corrected chi connectivity index (χ2v) is 6.94. The Hall–Kier alpha value is -1.18. The predicted octanol–water partition coefficient (Wildman–Crippen LogP) is 3.57. The zero-order chi connectivity index (χ0) is 17.5. The first kappa shape index (κ1) is 19.1. The molecule has 1 aromatic heterocycles. The van der Waals surface area contributed by atoms with Crippen molar-refractivity contribution in [3.8, 4) is 0 Å². The predicted molar refractivity (Wildman–Crippen MR) is 96.1 cm³/mol. The number of halogens is 2.